The number of nitrogens with zero attached hydrogens (tertiary/aromatic N) is 1. The fraction of sp³-hybridized carbons (Fsp3) is 0.429. The van der Waals surface area contributed by atoms with Crippen molar-refractivity contribution in [3.05, 3.63) is 33.9 Å². The van der Waals surface area contributed by atoms with Crippen molar-refractivity contribution < 1.29 is 19.6 Å². The van der Waals surface area contributed by atoms with Crippen LogP contribution in [0.2, 0.25) is 0 Å². The van der Waals surface area contributed by atoms with Crippen molar-refractivity contribution in [1.29, 1.82) is 0 Å². The number of carboxylic acid groups (broad SMARTS) is 1. The van der Waals surface area contributed by atoms with E-state index in [1.807, 2.05) is 6.92 Å². The van der Waals surface area contributed by atoms with Gasteiger partial charge in [-0.2, -0.15) is 0 Å². The normalized spacial score (nSPS) is 11.7. The Hall–Kier alpha value is -2.09. The molecule has 1 rings (SSSR count). The molecule has 0 bridgehead atoms. The molecule has 2 N–H and O–H groups in total. The Morgan fingerprint density at radius 1 is 1.45 bits per heavy atom. The Bertz CT molecular complexity index is 576. The van der Waals surface area contributed by atoms with E-state index in [0.29, 0.717) is 17.7 Å². The number of benzene rings is 1. The Morgan fingerprint density at radius 3 is 2.64 bits per heavy atom. The molecule has 1 unspecified atom stereocenters. The third-order valence-corrected chi connectivity index (χ3v) is 3.87. The Kier molecular flexibility index (Phi) is 6.84. The van der Waals surface area contributed by atoms with Gasteiger partial charge in [-0.3, -0.25) is 14.9 Å². The number of unbranched alkanes of at least 4 members (excludes halogenated alkanes) is 1. The lowest BCUT2D eigenvalue weighted by Gasteiger charge is -2.14. The number of hydrogen-bond acceptors (Lipinski definition) is 5. The molecular formula is C14H18N2O5S. The standard InChI is InChI=1S/C14H18N2O5S/c1-3-4-5-10(14(18)19)15-13(17)9-6-7-12(22-2)11(8-9)16(20)21/h6-8,10H,3-5H2,1-2H3,(H,15,17)(H,18,19). The molecule has 1 amide bonds. The summed E-state index contributed by atoms with van der Waals surface area (Å²) in [5.74, 6) is -1.74. The number of rotatable bonds is 8. The number of amides is 1. The number of hydrogen-bond donors (Lipinski definition) is 2. The van der Waals surface area contributed by atoms with Crippen LogP contribution in [-0.2, 0) is 4.79 Å². The highest BCUT2D eigenvalue weighted by Crippen LogP contribution is 2.28. The third-order valence-electron chi connectivity index (χ3n) is 3.09. The summed E-state index contributed by atoms with van der Waals surface area (Å²) in [6, 6.07) is 3.11. The average Bonchev–Trinajstić information content (AvgIpc) is 2.50. The van der Waals surface area contributed by atoms with Crippen molar-refractivity contribution in [1.82, 2.24) is 5.32 Å². The average molecular weight is 326 g/mol. The van der Waals surface area contributed by atoms with E-state index in [-0.39, 0.29) is 11.3 Å². The van der Waals surface area contributed by atoms with Gasteiger partial charge in [0.2, 0.25) is 0 Å². The van der Waals surface area contributed by atoms with Crippen LogP contribution >= 0.6 is 11.8 Å². The number of carboxylic acids is 1. The SMILES string of the molecule is CCCCC(NC(=O)c1ccc(SC)c([N+](=O)[O-])c1)C(=O)O. The van der Waals surface area contributed by atoms with Crippen molar-refractivity contribution in [2.45, 2.75) is 37.1 Å². The third kappa shape index (κ3) is 4.73. The maximum atomic E-state index is 12.1. The molecule has 7 nitrogen and oxygen atoms in total. The molecule has 0 radical (unpaired) electrons. The number of nitro benzene ring substituents is 1. The fourth-order valence-corrected chi connectivity index (χ4v) is 2.43. The highest BCUT2D eigenvalue weighted by molar-refractivity contribution is 7.98. The summed E-state index contributed by atoms with van der Waals surface area (Å²) in [7, 11) is 0. The van der Waals surface area contributed by atoms with Crippen LogP contribution in [0.1, 0.15) is 36.5 Å². The van der Waals surface area contributed by atoms with Crippen LogP contribution < -0.4 is 5.32 Å². The monoisotopic (exact) mass is 326 g/mol. The lowest BCUT2D eigenvalue weighted by molar-refractivity contribution is -0.387. The van der Waals surface area contributed by atoms with Crippen LogP contribution in [0.3, 0.4) is 0 Å². The van der Waals surface area contributed by atoms with Gasteiger partial charge in [0.15, 0.2) is 0 Å². The molecule has 0 heterocycles. The number of aliphatic carboxylic acids is 1. The van der Waals surface area contributed by atoms with E-state index in [1.54, 1.807) is 6.26 Å². The highest BCUT2D eigenvalue weighted by atomic mass is 32.2. The van der Waals surface area contributed by atoms with Crippen LogP contribution in [0.25, 0.3) is 0 Å². The van der Waals surface area contributed by atoms with Crippen LogP contribution in [0, 0.1) is 10.1 Å². The van der Waals surface area contributed by atoms with Crippen LogP contribution in [0.5, 0.6) is 0 Å². The molecule has 0 saturated carbocycles. The number of thioether (sulfide) groups is 1. The van der Waals surface area contributed by atoms with Crippen LogP contribution in [-0.4, -0.2) is 34.2 Å². The number of nitrogens with one attached hydrogen (secondary N) is 1. The van der Waals surface area contributed by atoms with Crippen molar-refractivity contribution >= 4 is 29.3 Å². The van der Waals surface area contributed by atoms with Gasteiger partial charge in [0.1, 0.15) is 6.04 Å². The van der Waals surface area contributed by atoms with Crippen molar-refractivity contribution in [2.24, 2.45) is 0 Å². The summed E-state index contributed by atoms with van der Waals surface area (Å²) >= 11 is 1.21. The van der Waals surface area contributed by atoms with Gasteiger partial charge in [-0.05, 0) is 24.8 Å². The van der Waals surface area contributed by atoms with E-state index in [2.05, 4.69) is 5.32 Å². The lowest BCUT2D eigenvalue weighted by Crippen LogP contribution is -2.40. The van der Waals surface area contributed by atoms with E-state index in [9.17, 15) is 19.7 Å². The van der Waals surface area contributed by atoms with Gasteiger partial charge in [0, 0.05) is 11.6 Å². The smallest absolute Gasteiger partial charge is 0.326 e. The molecule has 8 heteroatoms. The molecule has 0 fully saturated rings. The van der Waals surface area contributed by atoms with E-state index in [0.717, 1.165) is 6.42 Å². The molecule has 0 aromatic heterocycles. The van der Waals surface area contributed by atoms with Gasteiger partial charge in [-0.25, -0.2) is 4.79 Å². The zero-order valence-electron chi connectivity index (χ0n) is 12.4. The fourth-order valence-electron chi connectivity index (χ4n) is 1.88. The summed E-state index contributed by atoms with van der Waals surface area (Å²) in [6.45, 7) is 1.92. The van der Waals surface area contributed by atoms with Gasteiger partial charge >= 0.3 is 5.97 Å². The molecule has 1 aromatic carbocycles. The molecule has 0 saturated heterocycles. The van der Waals surface area contributed by atoms with Crippen molar-refractivity contribution in [3.63, 3.8) is 0 Å². The van der Waals surface area contributed by atoms with Gasteiger partial charge in [0.05, 0.1) is 9.82 Å². The maximum absolute atomic E-state index is 12.1. The molecule has 120 valence electrons. The molecule has 0 aliphatic carbocycles. The maximum Gasteiger partial charge on any atom is 0.326 e. The zero-order chi connectivity index (χ0) is 16.7. The molecule has 0 aliphatic heterocycles. The molecule has 22 heavy (non-hydrogen) atoms. The zero-order valence-corrected chi connectivity index (χ0v) is 13.2. The largest absolute Gasteiger partial charge is 0.480 e. The minimum atomic E-state index is -1.11. The molecule has 0 aliphatic rings. The molecule has 0 spiro atoms. The Morgan fingerprint density at radius 2 is 2.14 bits per heavy atom. The number of carbonyl (C=O) groups excluding carboxylic acids is 1. The summed E-state index contributed by atoms with van der Waals surface area (Å²) in [4.78, 5) is 34.1. The Balaban J connectivity index is 2.95. The predicted octanol–water partition coefficient (Wildman–Crippen LogP) is 2.69. The topological polar surface area (TPSA) is 110 Å². The minimum absolute atomic E-state index is 0.0762. The number of nitro groups is 1. The first kappa shape index (κ1) is 18.0. The van der Waals surface area contributed by atoms with Gasteiger partial charge in [-0.1, -0.05) is 19.8 Å². The molecule has 1 aromatic rings. The van der Waals surface area contributed by atoms with Gasteiger partial charge < -0.3 is 10.4 Å². The van der Waals surface area contributed by atoms with E-state index < -0.39 is 22.8 Å². The second-order valence-corrected chi connectivity index (χ2v) is 5.50. The van der Waals surface area contributed by atoms with E-state index in [4.69, 9.17) is 5.11 Å². The van der Waals surface area contributed by atoms with Crippen LogP contribution in [0.15, 0.2) is 23.1 Å². The Labute approximate surface area is 132 Å². The van der Waals surface area contributed by atoms with E-state index >= 15 is 0 Å². The summed E-state index contributed by atoms with van der Waals surface area (Å²) in [6.07, 6.45) is 3.51. The summed E-state index contributed by atoms with van der Waals surface area (Å²) < 4.78 is 0. The second kappa shape index (κ2) is 8.38. The molecule has 1 atom stereocenters. The minimum Gasteiger partial charge on any atom is -0.480 e. The first-order valence-electron chi connectivity index (χ1n) is 6.76. The quantitative estimate of drug-likeness (QED) is 0.432. The van der Waals surface area contributed by atoms with E-state index in [1.165, 1.54) is 30.0 Å². The first-order chi connectivity index (χ1) is 10.4. The van der Waals surface area contributed by atoms with Gasteiger partial charge in [-0.15, -0.1) is 11.8 Å². The summed E-state index contributed by atoms with van der Waals surface area (Å²) in [5.41, 5.74) is -0.0900. The van der Waals surface area contributed by atoms with Crippen molar-refractivity contribution in [2.75, 3.05) is 6.26 Å². The highest BCUT2D eigenvalue weighted by Gasteiger charge is 2.22. The van der Waals surface area contributed by atoms with Crippen molar-refractivity contribution in [3.8, 4) is 0 Å². The second-order valence-electron chi connectivity index (χ2n) is 4.65. The van der Waals surface area contributed by atoms with Gasteiger partial charge in [0.25, 0.3) is 11.6 Å². The van der Waals surface area contributed by atoms with Crippen LogP contribution in [0.4, 0.5) is 5.69 Å². The molecular weight excluding hydrogens is 308 g/mol. The first-order valence-corrected chi connectivity index (χ1v) is 7.99. The number of carbonyl (C=O) groups is 2. The summed E-state index contributed by atoms with van der Waals surface area (Å²) in [5, 5.41) is 22.5. The lowest BCUT2D eigenvalue weighted by atomic mass is 10.1. The predicted molar refractivity (Wildman–Crippen MR) is 83.3 cm³/mol.